The van der Waals surface area contributed by atoms with Crippen LogP contribution in [0.1, 0.15) is 33.1 Å². The number of aliphatic carboxylic acids is 1. The topological polar surface area (TPSA) is 92.4 Å². The molecule has 0 radical (unpaired) electrons. The molecule has 0 saturated heterocycles. The van der Waals surface area contributed by atoms with Gasteiger partial charge in [-0.15, -0.1) is 6.58 Å². The second kappa shape index (κ2) is 8.69. The van der Waals surface area contributed by atoms with Crippen molar-refractivity contribution in [3.8, 4) is 0 Å². The molecule has 0 fully saturated rings. The summed E-state index contributed by atoms with van der Waals surface area (Å²) in [6.45, 7) is 7.93. The molecule has 2 atom stereocenters. The number of nitrogens with one attached hydrogen (secondary N) is 1. The van der Waals surface area contributed by atoms with Gasteiger partial charge in [0, 0.05) is 13.0 Å². The molecular formula is C13H24N2O3. The molecule has 104 valence electrons. The molecule has 0 rings (SSSR count). The van der Waals surface area contributed by atoms with Crippen molar-refractivity contribution in [2.45, 2.75) is 39.2 Å². The van der Waals surface area contributed by atoms with E-state index in [4.69, 9.17) is 10.8 Å². The van der Waals surface area contributed by atoms with Gasteiger partial charge in [-0.2, -0.15) is 0 Å². The first-order chi connectivity index (χ1) is 8.36. The van der Waals surface area contributed by atoms with Gasteiger partial charge in [0.1, 0.15) is 0 Å². The van der Waals surface area contributed by atoms with Crippen molar-refractivity contribution in [3.63, 3.8) is 0 Å². The lowest BCUT2D eigenvalue weighted by Crippen LogP contribution is -2.42. The monoisotopic (exact) mass is 256 g/mol. The first-order valence-electron chi connectivity index (χ1n) is 6.22. The maximum Gasteiger partial charge on any atom is 0.303 e. The van der Waals surface area contributed by atoms with Crippen LogP contribution in [0.4, 0.5) is 0 Å². The summed E-state index contributed by atoms with van der Waals surface area (Å²) >= 11 is 0. The van der Waals surface area contributed by atoms with E-state index in [2.05, 4.69) is 11.9 Å². The molecule has 4 N–H and O–H groups in total. The highest BCUT2D eigenvalue weighted by molar-refractivity contribution is 5.81. The van der Waals surface area contributed by atoms with E-state index in [1.165, 1.54) is 0 Å². The lowest BCUT2D eigenvalue weighted by Gasteiger charge is -2.19. The van der Waals surface area contributed by atoms with Crippen LogP contribution in [0, 0.1) is 11.8 Å². The van der Waals surface area contributed by atoms with Crippen LogP contribution < -0.4 is 11.1 Å². The van der Waals surface area contributed by atoms with E-state index in [0.717, 1.165) is 6.42 Å². The van der Waals surface area contributed by atoms with Gasteiger partial charge in [-0.05, 0) is 24.7 Å². The zero-order valence-corrected chi connectivity index (χ0v) is 11.2. The van der Waals surface area contributed by atoms with E-state index in [1.54, 1.807) is 6.08 Å². The molecule has 18 heavy (non-hydrogen) atoms. The summed E-state index contributed by atoms with van der Waals surface area (Å²) in [5.74, 6) is -0.755. The van der Waals surface area contributed by atoms with E-state index in [-0.39, 0.29) is 18.2 Å². The van der Waals surface area contributed by atoms with Gasteiger partial charge in [-0.3, -0.25) is 9.59 Å². The average Bonchev–Trinajstić information content (AvgIpc) is 2.24. The molecule has 0 aromatic rings. The molecule has 0 bridgehead atoms. The van der Waals surface area contributed by atoms with E-state index in [0.29, 0.717) is 18.9 Å². The van der Waals surface area contributed by atoms with Crippen LogP contribution in [0.2, 0.25) is 0 Å². The summed E-state index contributed by atoms with van der Waals surface area (Å²) in [5.41, 5.74) is 5.62. The van der Waals surface area contributed by atoms with Gasteiger partial charge in [-0.1, -0.05) is 19.9 Å². The van der Waals surface area contributed by atoms with Gasteiger partial charge in [-0.25, -0.2) is 0 Å². The Balaban J connectivity index is 4.19. The smallest absolute Gasteiger partial charge is 0.303 e. The number of amides is 1. The summed E-state index contributed by atoms with van der Waals surface area (Å²) in [5, 5.41) is 11.5. The first-order valence-corrected chi connectivity index (χ1v) is 6.22. The molecule has 0 heterocycles. The number of carboxylic acid groups (broad SMARTS) is 1. The molecule has 0 saturated carbocycles. The van der Waals surface area contributed by atoms with Crippen LogP contribution >= 0.6 is 0 Å². The lowest BCUT2D eigenvalue weighted by molar-refractivity contribution is -0.138. The fourth-order valence-electron chi connectivity index (χ4n) is 1.82. The largest absolute Gasteiger partial charge is 0.481 e. The van der Waals surface area contributed by atoms with Gasteiger partial charge in [0.25, 0.3) is 0 Å². The van der Waals surface area contributed by atoms with Gasteiger partial charge in [0.15, 0.2) is 0 Å². The third-order valence-corrected chi connectivity index (χ3v) is 2.59. The van der Waals surface area contributed by atoms with Crippen molar-refractivity contribution in [3.05, 3.63) is 12.7 Å². The van der Waals surface area contributed by atoms with E-state index >= 15 is 0 Å². The summed E-state index contributed by atoms with van der Waals surface area (Å²) in [6.07, 6.45) is 2.84. The first kappa shape index (κ1) is 16.6. The van der Waals surface area contributed by atoms with Crippen LogP contribution in [0.15, 0.2) is 12.7 Å². The maximum absolute atomic E-state index is 11.6. The predicted octanol–water partition coefficient (Wildman–Crippen LogP) is 1.14. The summed E-state index contributed by atoms with van der Waals surface area (Å²) in [4.78, 5) is 22.3. The highest BCUT2D eigenvalue weighted by atomic mass is 16.4. The highest BCUT2D eigenvalue weighted by Gasteiger charge is 2.18. The summed E-state index contributed by atoms with van der Waals surface area (Å²) < 4.78 is 0. The normalized spacial score (nSPS) is 14.0. The average molecular weight is 256 g/mol. The fraction of sp³-hybridized carbons (Fsp3) is 0.692. The van der Waals surface area contributed by atoms with Crippen LogP contribution in [-0.2, 0) is 9.59 Å². The molecule has 0 aliphatic carbocycles. The summed E-state index contributed by atoms with van der Waals surface area (Å²) in [6, 6.07) is -0.605. The zero-order valence-electron chi connectivity index (χ0n) is 11.2. The second-order valence-corrected chi connectivity index (χ2v) is 4.97. The fourth-order valence-corrected chi connectivity index (χ4v) is 1.82. The number of hydrogen-bond acceptors (Lipinski definition) is 3. The Bertz CT molecular complexity index is 290. The molecule has 1 amide bonds. The Morgan fingerprint density at radius 2 is 2.06 bits per heavy atom. The predicted molar refractivity (Wildman–Crippen MR) is 71.0 cm³/mol. The number of carbonyl (C=O) groups is 2. The highest BCUT2D eigenvalue weighted by Crippen LogP contribution is 2.14. The number of hydrogen-bond donors (Lipinski definition) is 3. The van der Waals surface area contributed by atoms with Crippen molar-refractivity contribution >= 4 is 11.9 Å². The van der Waals surface area contributed by atoms with Crippen molar-refractivity contribution in [2.24, 2.45) is 17.6 Å². The van der Waals surface area contributed by atoms with Crippen molar-refractivity contribution in [1.29, 1.82) is 0 Å². The number of carbonyl (C=O) groups excluding carboxylic acids is 1. The minimum Gasteiger partial charge on any atom is -0.481 e. The Morgan fingerprint density at radius 1 is 1.44 bits per heavy atom. The molecule has 1 unspecified atom stereocenters. The Morgan fingerprint density at radius 3 is 2.50 bits per heavy atom. The number of nitrogens with two attached hydrogens (primary N) is 1. The van der Waals surface area contributed by atoms with Gasteiger partial charge >= 0.3 is 5.97 Å². The SMILES string of the molecule is C=CCC(N)C(=O)NC[C@H](CC(=O)O)CC(C)C. The third-order valence-electron chi connectivity index (χ3n) is 2.59. The van der Waals surface area contributed by atoms with Crippen molar-refractivity contribution in [1.82, 2.24) is 5.32 Å². The van der Waals surface area contributed by atoms with Gasteiger partial charge in [0.05, 0.1) is 6.04 Å². The Kier molecular flexibility index (Phi) is 8.03. The quantitative estimate of drug-likeness (QED) is 0.539. The van der Waals surface area contributed by atoms with Gasteiger partial charge in [0.2, 0.25) is 5.91 Å². The lowest BCUT2D eigenvalue weighted by atomic mass is 9.94. The van der Waals surface area contributed by atoms with Gasteiger partial charge < -0.3 is 16.2 Å². The van der Waals surface area contributed by atoms with E-state index in [1.807, 2.05) is 13.8 Å². The third kappa shape index (κ3) is 7.84. The molecule has 0 spiro atoms. The molecular weight excluding hydrogens is 232 g/mol. The minimum absolute atomic E-state index is 0.0534. The standard InChI is InChI=1S/C13H24N2O3/c1-4-5-11(14)13(18)15-8-10(6-9(2)3)7-12(16)17/h4,9-11H,1,5-8,14H2,2-3H3,(H,15,18)(H,16,17)/t10-,11?/m0/s1. The summed E-state index contributed by atoms with van der Waals surface area (Å²) in [7, 11) is 0. The molecule has 0 aliphatic heterocycles. The van der Waals surface area contributed by atoms with Crippen LogP contribution in [0.5, 0.6) is 0 Å². The van der Waals surface area contributed by atoms with Crippen molar-refractivity contribution in [2.75, 3.05) is 6.54 Å². The number of carboxylic acids is 1. The zero-order chi connectivity index (χ0) is 14.1. The Hall–Kier alpha value is -1.36. The molecule has 5 nitrogen and oxygen atoms in total. The molecule has 0 aromatic carbocycles. The maximum atomic E-state index is 11.6. The Labute approximate surface area is 108 Å². The minimum atomic E-state index is -0.842. The molecule has 0 aromatic heterocycles. The van der Waals surface area contributed by atoms with Crippen LogP contribution in [0.3, 0.4) is 0 Å². The second-order valence-electron chi connectivity index (χ2n) is 4.97. The molecule has 0 aliphatic rings. The van der Waals surface area contributed by atoms with E-state index < -0.39 is 12.0 Å². The molecule has 5 heteroatoms. The van der Waals surface area contributed by atoms with Crippen molar-refractivity contribution < 1.29 is 14.7 Å². The number of rotatable bonds is 9. The van der Waals surface area contributed by atoms with Crippen LogP contribution in [-0.4, -0.2) is 29.6 Å². The van der Waals surface area contributed by atoms with E-state index in [9.17, 15) is 9.59 Å². The van der Waals surface area contributed by atoms with Crippen LogP contribution in [0.25, 0.3) is 0 Å².